The monoisotopic (exact) mass is 288 g/mol. The number of nitriles is 1. The van der Waals surface area contributed by atoms with Crippen molar-refractivity contribution < 1.29 is 23.1 Å². The summed E-state index contributed by atoms with van der Waals surface area (Å²) in [4.78, 5) is 21.7. The van der Waals surface area contributed by atoms with E-state index >= 15 is 0 Å². The van der Waals surface area contributed by atoms with E-state index in [2.05, 4.69) is 5.32 Å². The minimum atomic E-state index is -3.64. The average Bonchev–Trinajstić information content (AvgIpc) is 2.94. The van der Waals surface area contributed by atoms with Gasteiger partial charge in [0.2, 0.25) is 5.91 Å². The Balaban J connectivity index is 2.70. The third kappa shape index (κ3) is 4.87. The molecule has 19 heavy (non-hydrogen) atoms. The van der Waals surface area contributed by atoms with Crippen molar-refractivity contribution in [1.82, 2.24) is 5.32 Å². The van der Waals surface area contributed by atoms with Crippen LogP contribution in [0.3, 0.4) is 0 Å². The van der Waals surface area contributed by atoms with E-state index in [0.717, 1.165) is 6.92 Å². The molecule has 0 aromatic rings. The van der Waals surface area contributed by atoms with E-state index in [0.29, 0.717) is 12.8 Å². The van der Waals surface area contributed by atoms with Gasteiger partial charge in [0.1, 0.15) is 6.04 Å². The molecule has 0 unspecified atom stereocenters. The van der Waals surface area contributed by atoms with Gasteiger partial charge >= 0.3 is 5.97 Å². The lowest BCUT2D eigenvalue weighted by Crippen LogP contribution is -2.45. The molecule has 7 nitrogen and oxygen atoms in total. The van der Waals surface area contributed by atoms with Gasteiger partial charge in [-0.25, -0.2) is 13.2 Å². The van der Waals surface area contributed by atoms with Crippen molar-refractivity contribution >= 4 is 21.7 Å². The Labute approximate surface area is 111 Å². The standard InChI is InChI=1S/C11H16N2O5S/c1-8(14)13-9(10(15)16)6-19(17,18)7-11(2-3-11)4-5-12/h9H,2-4,6-7H2,1H3,(H,13,14)(H,15,16)/t9-/m0/s1. The van der Waals surface area contributed by atoms with Crippen LogP contribution in [0, 0.1) is 16.7 Å². The van der Waals surface area contributed by atoms with Gasteiger partial charge in [-0.2, -0.15) is 5.26 Å². The molecule has 2 N–H and O–H groups in total. The van der Waals surface area contributed by atoms with Crippen LogP contribution in [-0.4, -0.2) is 42.9 Å². The highest BCUT2D eigenvalue weighted by atomic mass is 32.2. The summed E-state index contributed by atoms with van der Waals surface area (Å²) in [6.45, 7) is 1.13. The molecular weight excluding hydrogens is 272 g/mol. The molecular formula is C11H16N2O5S. The second-order valence-corrected chi connectivity index (χ2v) is 7.09. The Kier molecular flexibility index (Phi) is 4.52. The van der Waals surface area contributed by atoms with Gasteiger partial charge in [0.05, 0.1) is 17.6 Å². The number of carboxylic acids is 1. The van der Waals surface area contributed by atoms with E-state index in [1.807, 2.05) is 6.07 Å². The normalized spacial score (nSPS) is 18.1. The van der Waals surface area contributed by atoms with Crippen LogP contribution in [0.15, 0.2) is 0 Å². The number of carbonyl (C=O) groups excluding carboxylic acids is 1. The van der Waals surface area contributed by atoms with Gasteiger partial charge in [0.15, 0.2) is 9.84 Å². The lowest BCUT2D eigenvalue weighted by atomic mass is 10.1. The first-order valence-corrected chi connectivity index (χ1v) is 7.59. The second kappa shape index (κ2) is 5.57. The Morgan fingerprint density at radius 1 is 1.47 bits per heavy atom. The molecule has 0 aliphatic heterocycles. The van der Waals surface area contributed by atoms with Crippen molar-refractivity contribution in [3.05, 3.63) is 0 Å². The Morgan fingerprint density at radius 2 is 2.05 bits per heavy atom. The molecule has 1 atom stereocenters. The minimum absolute atomic E-state index is 0.157. The molecule has 0 spiro atoms. The molecule has 0 bridgehead atoms. The van der Waals surface area contributed by atoms with Crippen molar-refractivity contribution in [3.63, 3.8) is 0 Å². The second-order valence-electron chi connectivity index (χ2n) is 4.98. The number of carbonyl (C=O) groups is 2. The van der Waals surface area contributed by atoms with Crippen LogP contribution in [0.1, 0.15) is 26.2 Å². The van der Waals surface area contributed by atoms with Crippen molar-refractivity contribution in [1.29, 1.82) is 5.26 Å². The molecule has 0 aromatic heterocycles. The maximum absolute atomic E-state index is 11.9. The number of hydrogen-bond acceptors (Lipinski definition) is 5. The molecule has 1 aliphatic rings. The Morgan fingerprint density at radius 3 is 2.42 bits per heavy atom. The van der Waals surface area contributed by atoms with E-state index in [4.69, 9.17) is 10.4 Å². The highest BCUT2D eigenvalue weighted by molar-refractivity contribution is 7.91. The number of nitrogens with zero attached hydrogens (tertiary/aromatic N) is 1. The smallest absolute Gasteiger partial charge is 0.327 e. The summed E-state index contributed by atoms with van der Waals surface area (Å²) in [6.07, 6.45) is 1.49. The third-order valence-electron chi connectivity index (χ3n) is 3.03. The van der Waals surface area contributed by atoms with Crippen molar-refractivity contribution in [2.45, 2.75) is 32.2 Å². The molecule has 106 valence electrons. The van der Waals surface area contributed by atoms with Crippen LogP contribution in [0.5, 0.6) is 0 Å². The van der Waals surface area contributed by atoms with E-state index in [-0.39, 0.29) is 12.2 Å². The molecule has 1 fully saturated rings. The lowest BCUT2D eigenvalue weighted by Gasteiger charge is -2.16. The van der Waals surface area contributed by atoms with E-state index < -0.39 is 38.9 Å². The fourth-order valence-corrected chi connectivity index (χ4v) is 4.09. The number of nitrogens with one attached hydrogen (secondary N) is 1. The van der Waals surface area contributed by atoms with Crippen LogP contribution in [0.4, 0.5) is 0 Å². The molecule has 8 heteroatoms. The third-order valence-corrected chi connectivity index (χ3v) is 4.93. The van der Waals surface area contributed by atoms with Crippen molar-refractivity contribution in [3.8, 4) is 6.07 Å². The van der Waals surface area contributed by atoms with Gasteiger partial charge in [0.25, 0.3) is 0 Å². The van der Waals surface area contributed by atoms with E-state index in [9.17, 15) is 18.0 Å². The number of aliphatic carboxylic acids is 1. The van der Waals surface area contributed by atoms with Gasteiger partial charge in [0, 0.05) is 13.3 Å². The largest absolute Gasteiger partial charge is 0.480 e. The predicted molar refractivity (Wildman–Crippen MR) is 65.8 cm³/mol. The molecule has 1 saturated carbocycles. The number of hydrogen-bond donors (Lipinski definition) is 2. The zero-order valence-corrected chi connectivity index (χ0v) is 11.4. The number of rotatable bonds is 7. The van der Waals surface area contributed by atoms with E-state index in [1.165, 1.54) is 0 Å². The lowest BCUT2D eigenvalue weighted by molar-refractivity contribution is -0.140. The zero-order chi connectivity index (χ0) is 14.7. The molecule has 0 saturated heterocycles. The van der Waals surface area contributed by atoms with Crippen molar-refractivity contribution in [2.24, 2.45) is 5.41 Å². The summed E-state index contributed by atoms with van der Waals surface area (Å²) in [5.74, 6) is -2.82. The Bertz CT molecular complexity index is 516. The number of sulfone groups is 1. The van der Waals surface area contributed by atoms with Crippen molar-refractivity contribution in [2.75, 3.05) is 11.5 Å². The summed E-state index contributed by atoms with van der Waals surface area (Å²) in [7, 11) is -3.64. The molecule has 1 amide bonds. The molecule has 0 radical (unpaired) electrons. The molecule has 1 rings (SSSR count). The van der Waals surface area contributed by atoms with Gasteiger partial charge in [-0.15, -0.1) is 0 Å². The SMILES string of the molecule is CC(=O)N[C@@H](CS(=O)(=O)CC1(CC#N)CC1)C(=O)O. The highest BCUT2D eigenvalue weighted by Crippen LogP contribution is 2.49. The fraction of sp³-hybridized carbons (Fsp3) is 0.727. The summed E-state index contributed by atoms with van der Waals surface area (Å²) in [5, 5.41) is 19.6. The first kappa shape index (κ1) is 15.4. The van der Waals surface area contributed by atoms with Gasteiger partial charge < -0.3 is 10.4 Å². The van der Waals surface area contributed by atoms with Gasteiger partial charge in [-0.05, 0) is 18.3 Å². The summed E-state index contributed by atoms with van der Waals surface area (Å²) in [6, 6.07) is 0.507. The molecule has 0 heterocycles. The van der Waals surface area contributed by atoms with Crippen LogP contribution in [0.25, 0.3) is 0 Å². The number of amides is 1. The minimum Gasteiger partial charge on any atom is -0.480 e. The molecule has 1 aliphatic carbocycles. The van der Waals surface area contributed by atoms with Crippen LogP contribution >= 0.6 is 0 Å². The highest BCUT2D eigenvalue weighted by Gasteiger charge is 2.46. The maximum Gasteiger partial charge on any atom is 0.327 e. The maximum atomic E-state index is 11.9. The quantitative estimate of drug-likeness (QED) is 0.661. The topological polar surface area (TPSA) is 124 Å². The number of carboxylic acid groups (broad SMARTS) is 1. The summed E-state index contributed by atoms with van der Waals surface area (Å²) in [5.41, 5.74) is -0.507. The Hall–Kier alpha value is -1.62. The van der Waals surface area contributed by atoms with E-state index in [1.54, 1.807) is 0 Å². The zero-order valence-electron chi connectivity index (χ0n) is 10.5. The van der Waals surface area contributed by atoms with Crippen LogP contribution < -0.4 is 5.32 Å². The van der Waals surface area contributed by atoms with Gasteiger partial charge in [-0.1, -0.05) is 0 Å². The predicted octanol–water partition coefficient (Wildman–Crippen LogP) is -0.316. The average molecular weight is 288 g/mol. The summed E-state index contributed by atoms with van der Waals surface area (Å²) < 4.78 is 23.9. The summed E-state index contributed by atoms with van der Waals surface area (Å²) >= 11 is 0. The molecule has 0 aromatic carbocycles. The van der Waals surface area contributed by atoms with Crippen LogP contribution in [-0.2, 0) is 19.4 Å². The first-order chi connectivity index (χ1) is 8.70. The van der Waals surface area contributed by atoms with Crippen LogP contribution in [0.2, 0.25) is 0 Å². The first-order valence-electron chi connectivity index (χ1n) is 5.77. The van der Waals surface area contributed by atoms with Gasteiger partial charge in [-0.3, -0.25) is 4.79 Å². The fourth-order valence-electron chi connectivity index (χ4n) is 1.92.